The second-order valence-electron chi connectivity index (χ2n) is 3.81. The van der Waals surface area contributed by atoms with Crippen molar-refractivity contribution < 1.29 is 9.53 Å². The predicted molar refractivity (Wildman–Crippen MR) is 72.0 cm³/mol. The third kappa shape index (κ3) is 3.59. The Morgan fingerprint density at radius 2 is 1.28 bits per heavy atom. The predicted octanol–water partition coefficient (Wildman–Crippen LogP) is 3.45. The Hall–Kier alpha value is -2.35. The highest BCUT2D eigenvalue weighted by molar-refractivity contribution is 5.92. The molecule has 2 nitrogen and oxygen atoms in total. The lowest BCUT2D eigenvalue weighted by atomic mass is 10.1. The summed E-state index contributed by atoms with van der Waals surface area (Å²) >= 11 is 0. The van der Waals surface area contributed by atoms with E-state index in [9.17, 15) is 4.79 Å². The first-order chi connectivity index (χ1) is 8.86. The number of hydrogen-bond acceptors (Lipinski definition) is 2. The molecule has 0 N–H and O–H groups in total. The Kier molecular flexibility index (Phi) is 4.31. The molecule has 0 saturated carbocycles. The number of rotatable bonds is 1. The van der Waals surface area contributed by atoms with Crippen LogP contribution in [0.5, 0.6) is 0 Å². The van der Waals surface area contributed by atoms with Crippen LogP contribution in [0.15, 0.2) is 73.0 Å². The Morgan fingerprint density at radius 3 is 1.56 bits per heavy atom. The molecule has 0 unspecified atom stereocenters. The molecule has 1 heterocycles. The van der Waals surface area contributed by atoms with Crippen molar-refractivity contribution in [2.45, 2.75) is 0 Å². The van der Waals surface area contributed by atoms with Crippen LogP contribution in [-0.4, -0.2) is 12.4 Å². The molecule has 0 bridgehead atoms. The van der Waals surface area contributed by atoms with Gasteiger partial charge in [0, 0.05) is 6.08 Å². The zero-order valence-electron chi connectivity index (χ0n) is 9.95. The SMILES string of the molecule is O=C1C=COC1.c1ccc(-c2ccccc2)cc1. The van der Waals surface area contributed by atoms with E-state index in [2.05, 4.69) is 53.3 Å². The fourth-order valence-electron chi connectivity index (χ4n) is 1.56. The standard InChI is InChI=1S/C12H10.C4H4O2/c1-3-7-11(8-4-1)12-9-5-2-6-10-12;5-4-1-2-6-3-4/h1-10H;1-2H,3H2. The molecule has 0 aromatic heterocycles. The number of carbonyl (C=O) groups is 1. The van der Waals surface area contributed by atoms with Crippen LogP contribution in [0.1, 0.15) is 0 Å². The maximum absolute atomic E-state index is 10.0. The summed E-state index contributed by atoms with van der Waals surface area (Å²) in [5.74, 6) is 0.0509. The number of hydrogen-bond donors (Lipinski definition) is 0. The molecule has 0 radical (unpaired) electrons. The molecule has 0 saturated heterocycles. The third-order valence-corrected chi connectivity index (χ3v) is 2.46. The summed E-state index contributed by atoms with van der Waals surface area (Å²) in [4.78, 5) is 10.0. The van der Waals surface area contributed by atoms with Crippen LogP contribution in [0.25, 0.3) is 11.1 Å². The van der Waals surface area contributed by atoms with E-state index in [0.29, 0.717) is 0 Å². The largest absolute Gasteiger partial charge is 0.493 e. The molecule has 2 heteroatoms. The van der Waals surface area contributed by atoms with Crippen LogP contribution >= 0.6 is 0 Å². The van der Waals surface area contributed by atoms with Gasteiger partial charge in [0.15, 0.2) is 5.78 Å². The van der Waals surface area contributed by atoms with Crippen molar-refractivity contribution in [1.82, 2.24) is 0 Å². The number of ketones is 1. The summed E-state index contributed by atoms with van der Waals surface area (Å²) in [6, 6.07) is 20.8. The maximum atomic E-state index is 10.0. The number of benzene rings is 2. The molecule has 0 aliphatic carbocycles. The molecule has 0 fully saturated rings. The van der Waals surface area contributed by atoms with Gasteiger partial charge in [-0.1, -0.05) is 60.7 Å². The van der Waals surface area contributed by atoms with Gasteiger partial charge in [0.1, 0.15) is 6.61 Å². The number of carbonyl (C=O) groups excluding carboxylic acids is 1. The minimum Gasteiger partial charge on any atom is -0.493 e. The van der Waals surface area contributed by atoms with Gasteiger partial charge in [-0.2, -0.15) is 0 Å². The van der Waals surface area contributed by atoms with Crippen molar-refractivity contribution >= 4 is 5.78 Å². The van der Waals surface area contributed by atoms with Crippen molar-refractivity contribution in [3.63, 3.8) is 0 Å². The van der Waals surface area contributed by atoms with E-state index in [1.54, 1.807) is 0 Å². The van der Waals surface area contributed by atoms with E-state index in [4.69, 9.17) is 0 Å². The topological polar surface area (TPSA) is 26.3 Å². The van der Waals surface area contributed by atoms with Crippen molar-refractivity contribution in [2.75, 3.05) is 6.61 Å². The van der Waals surface area contributed by atoms with Gasteiger partial charge in [-0.3, -0.25) is 4.79 Å². The minimum absolute atomic E-state index is 0.0509. The van der Waals surface area contributed by atoms with E-state index in [1.165, 1.54) is 23.5 Å². The van der Waals surface area contributed by atoms with Crippen LogP contribution in [-0.2, 0) is 9.53 Å². The van der Waals surface area contributed by atoms with E-state index >= 15 is 0 Å². The van der Waals surface area contributed by atoms with E-state index in [0.717, 1.165) is 0 Å². The first-order valence-corrected chi connectivity index (χ1v) is 5.78. The van der Waals surface area contributed by atoms with Gasteiger partial charge >= 0.3 is 0 Å². The van der Waals surface area contributed by atoms with Crippen LogP contribution in [0.2, 0.25) is 0 Å². The molecule has 0 spiro atoms. The molecule has 90 valence electrons. The lowest BCUT2D eigenvalue weighted by Gasteiger charge is -1.98. The second kappa shape index (κ2) is 6.40. The fourth-order valence-corrected chi connectivity index (χ4v) is 1.56. The van der Waals surface area contributed by atoms with E-state index in [-0.39, 0.29) is 12.4 Å². The van der Waals surface area contributed by atoms with Crippen LogP contribution < -0.4 is 0 Å². The zero-order valence-corrected chi connectivity index (χ0v) is 9.95. The van der Waals surface area contributed by atoms with Gasteiger partial charge in [-0.05, 0) is 11.1 Å². The smallest absolute Gasteiger partial charge is 0.196 e. The normalized spacial score (nSPS) is 12.6. The molecule has 0 atom stereocenters. The Labute approximate surface area is 107 Å². The Balaban J connectivity index is 0.000000169. The third-order valence-electron chi connectivity index (χ3n) is 2.46. The van der Waals surface area contributed by atoms with Gasteiger partial charge in [-0.25, -0.2) is 0 Å². The molecule has 3 rings (SSSR count). The Bertz CT molecular complexity index is 478. The van der Waals surface area contributed by atoms with Gasteiger partial charge in [-0.15, -0.1) is 0 Å². The average molecular weight is 238 g/mol. The average Bonchev–Trinajstić information content (AvgIpc) is 2.93. The molecule has 18 heavy (non-hydrogen) atoms. The van der Waals surface area contributed by atoms with Crippen molar-refractivity contribution in [3.8, 4) is 11.1 Å². The first kappa shape index (κ1) is 12.1. The van der Waals surface area contributed by atoms with Crippen molar-refractivity contribution in [2.24, 2.45) is 0 Å². The highest BCUT2D eigenvalue weighted by atomic mass is 16.5. The molecule has 2 aromatic rings. The van der Waals surface area contributed by atoms with Gasteiger partial charge in [0.2, 0.25) is 0 Å². The van der Waals surface area contributed by atoms with Gasteiger partial charge in [0.05, 0.1) is 6.26 Å². The molecule has 1 aliphatic heterocycles. The quantitative estimate of drug-likeness (QED) is 0.760. The van der Waals surface area contributed by atoms with Crippen LogP contribution in [0.3, 0.4) is 0 Å². The maximum Gasteiger partial charge on any atom is 0.196 e. The van der Waals surface area contributed by atoms with Crippen LogP contribution in [0, 0.1) is 0 Å². The fraction of sp³-hybridized carbons (Fsp3) is 0.0625. The van der Waals surface area contributed by atoms with E-state index < -0.39 is 0 Å². The van der Waals surface area contributed by atoms with Crippen molar-refractivity contribution in [1.29, 1.82) is 0 Å². The molecule has 0 amide bonds. The highest BCUT2D eigenvalue weighted by Gasteiger charge is 1.99. The summed E-state index contributed by atoms with van der Waals surface area (Å²) < 4.78 is 4.53. The summed E-state index contributed by atoms with van der Waals surface area (Å²) in [7, 11) is 0. The van der Waals surface area contributed by atoms with E-state index in [1.807, 2.05) is 12.1 Å². The zero-order chi connectivity index (χ0) is 12.6. The molecular weight excluding hydrogens is 224 g/mol. The summed E-state index contributed by atoms with van der Waals surface area (Å²) in [5.41, 5.74) is 2.55. The monoisotopic (exact) mass is 238 g/mol. The highest BCUT2D eigenvalue weighted by Crippen LogP contribution is 2.17. The molecule has 2 aromatic carbocycles. The summed E-state index contributed by atoms with van der Waals surface area (Å²) in [5, 5.41) is 0. The lowest BCUT2D eigenvalue weighted by molar-refractivity contribution is -0.115. The second-order valence-corrected chi connectivity index (χ2v) is 3.81. The van der Waals surface area contributed by atoms with Gasteiger partial charge < -0.3 is 4.74 Å². The van der Waals surface area contributed by atoms with Crippen LogP contribution in [0.4, 0.5) is 0 Å². The summed E-state index contributed by atoms with van der Waals surface area (Å²) in [6.07, 6.45) is 2.82. The number of ether oxygens (including phenoxy) is 1. The summed E-state index contributed by atoms with van der Waals surface area (Å²) in [6.45, 7) is 0.236. The van der Waals surface area contributed by atoms with Crippen molar-refractivity contribution in [3.05, 3.63) is 73.0 Å². The lowest BCUT2D eigenvalue weighted by Crippen LogP contribution is -1.91. The van der Waals surface area contributed by atoms with Gasteiger partial charge in [0.25, 0.3) is 0 Å². The molecule has 1 aliphatic rings. The Morgan fingerprint density at radius 1 is 0.778 bits per heavy atom. The minimum atomic E-state index is 0.0509. The molecular formula is C16H14O2. The first-order valence-electron chi connectivity index (χ1n) is 5.78.